The summed E-state index contributed by atoms with van der Waals surface area (Å²) in [5.74, 6) is 0.449. The molecule has 0 heterocycles. The lowest BCUT2D eigenvalue weighted by molar-refractivity contribution is 0.744. The van der Waals surface area contributed by atoms with E-state index in [1.54, 1.807) is 0 Å². The van der Waals surface area contributed by atoms with Crippen LogP contribution in [0.3, 0.4) is 0 Å². The third-order valence-corrected chi connectivity index (χ3v) is 3.48. The van der Waals surface area contributed by atoms with Gasteiger partial charge in [0.2, 0.25) is 0 Å². The molecule has 0 aliphatic rings. The Bertz CT molecular complexity index is 358. The van der Waals surface area contributed by atoms with Crippen LogP contribution in [0.5, 0.6) is 0 Å². The summed E-state index contributed by atoms with van der Waals surface area (Å²) in [6.45, 7) is 15.1. The van der Waals surface area contributed by atoms with Gasteiger partial charge < -0.3 is 4.90 Å². The van der Waals surface area contributed by atoms with E-state index in [9.17, 15) is 0 Å². The number of benzene rings is 1. The summed E-state index contributed by atoms with van der Waals surface area (Å²) in [5, 5.41) is 0. The number of allylic oxidation sites excluding steroid dienone is 1. The summed E-state index contributed by atoms with van der Waals surface area (Å²) < 4.78 is 0. The van der Waals surface area contributed by atoms with Crippen molar-refractivity contribution in [2.45, 2.75) is 46.5 Å². The lowest BCUT2D eigenvalue weighted by Gasteiger charge is -2.24. The van der Waals surface area contributed by atoms with Gasteiger partial charge in [-0.2, -0.15) is 0 Å². The summed E-state index contributed by atoms with van der Waals surface area (Å²) in [5.41, 5.74) is 3.93. The summed E-state index contributed by atoms with van der Waals surface area (Å²) >= 11 is 0. The fourth-order valence-electron chi connectivity index (χ4n) is 2.17. The summed E-state index contributed by atoms with van der Waals surface area (Å²) in [6.07, 6.45) is 2.40. The molecule has 100 valence electrons. The van der Waals surface area contributed by atoms with E-state index in [1.807, 2.05) is 0 Å². The molecule has 0 fully saturated rings. The number of hydrogen-bond donors (Lipinski definition) is 0. The van der Waals surface area contributed by atoms with Gasteiger partial charge in [-0.25, -0.2) is 0 Å². The predicted molar refractivity (Wildman–Crippen MR) is 82.5 cm³/mol. The van der Waals surface area contributed by atoms with Crippen LogP contribution in [0.2, 0.25) is 0 Å². The highest BCUT2D eigenvalue weighted by molar-refractivity contribution is 5.48. The Labute approximate surface area is 113 Å². The first-order chi connectivity index (χ1) is 8.60. The van der Waals surface area contributed by atoms with Gasteiger partial charge >= 0.3 is 0 Å². The van der Waals surface area contributed by atoms with E-state index in [0.717, 1.165) is 13.1 Å². The van der Waals surface area contributed by atoms with Crippen molar-refractivity contribution in [3.05, 3.63) is 42.0 Å². The molecule has 0 aliphatic heterocycles. The fraction of sp³-hybridized carbons (Fsp3) is 0.529. The van der Waals surface area contributed by atoms with Gasteiger partial charge in [0, 0.05) is 24.7 Å². The van der Waals surface area contributed by atoms with Gasteiger partial charge in [0.05, 0.1) is 0 Å². The second-order valence-electron chi connectivity index (χ2n) is 5.15. The molecule has 1 aromatic rings. The number of hydrogen-bond acceptors (Lipinski definition) is 1. The first kappa shape index (κ1) is 14.8. The summed E-state index contributed by atoms with van der Waals surface area (Å²) in [4.78, 5) is 2.47. The van der Waals surface area contributed by atoms with Gasteiger partial charge in [0.1, 0.15) is 0 Å². The van der Waals surface area contributed by atoms with E-state index < -0.39 is 0 Å². The molecule has 0 aromatic heterocycles. The fourth-order valence-corrected chi connectivity index (χ4v) is 2.17. The molecule has 18 heavy (non-hydrogen) atoms. The number of rotatable bonds is 7. The van der Waals surface area contributed by atoms with E-state index in [-0.39, 0.29) is 0 Å². The van der Waals surface area contributed by atoms with Crippen LogP contribution in [-0.2, 0) is 0 Å². The maximum atomic E-state index is 4.04. The molecule has 1 rings (SSSR count). The topological polar surface area (TPSA) is 3.24 Å². The van der Waals surface area contributed by atoms with Crippen LogP contribution in [0.4, 0.5) is 5.69 Å². The normalized spacial score (nSPS) is 12.2. The van der Waals surface area contributed by atoms with Gasteiger partial charge in [-0.1, -0.05) is 45.1 Å². The van der Waals surface area contributed by atoms with Crippen LogP contribution in [-0.4, -0.2) is 13.1 Å². The third kappa shape index (κ3) is 3.90. The Kier molecular flexibility index (Phi) is 5.97. The molecule has 0 radical (unpaired) electrons. The maximum Gasteiger partial charge on any atom is 0.0366 e. The number of anilines is 1. The van der Waals surface area contributed by atoms with Gasteiger partial charge in [-0.05, 0) is 37.5 Å². The first-order valence-corrected chi connectivity index (χ1v) is 7.10. The van der Waals surface area contributed by atoms with Crippen molar-refractivity contribution in [1.29, 1.82) is 0 Å². The van der Waals surface area contributed by atoms with Crippen LogP contribution in [0.25, 0.3) is 0 Å². The molecule has 0 spiro atoms. The van der Waals surface area contributed by atoms with Crippen molar-refractivity contribution in [2.24, 2.45) is 0 Å². The first-order valence-electron chi connectivity index (χ1n) is 7.10. The van der Waals surface area contributed by atoms with Crippen LogP contribution >= 0.6 is 0 Å². The molecule has 0 saturated carbocycles. The SMILES string of the molecule is C=C(C)C(C)c1ccc(N(CCC)CCC)cc1. The van der Waals surface area contributed by atoms with Crippen molar-refractivity contribution in [1.82, 2.24) is 0 Å². The van der Waals surface area contributed by atoms with Gasteiger partial charge in [0.25, 0.3) is 0 Å². The Morgan fingerprint density at radius 3 is 2.00 bits per heavy atom. The van der Waals surface area contributed by atoms with Gasteiger partial charge in [0.15, 0.2) is 0 Å². The van der Waals surface area contributed by atoms with Crippen molar-refractivity contribution in [3.63, 3.8) is 0 Å². The smallest absolute Gasteiger partial charge is 0.0366 e. The zero-order valence-corrected chi connectivity index (χ0v) is 12.4. The minimum atomic E-state index is 0.449. The monoisotopic (exact) mass is 245 g/mol. The predicted octanol–water partition coefficient (Wildman–Crippen LogP) is 4.99. The van der Waals surface area contributed by atoms with Crippen molar-refractivity contribution >= 4 is 5.69 Å². The van der Waals surface area contributed by atoms with Crippen molar-refractivity contribution in [2.75, 3.05) is 18.0 Å². The highest BCUT2D eigenvalue weighted by Crippen LogP contribution is 2.25. The second-order valence-corrected chi connectivity index (χ2v) is 5.15. The van der Waals surface area contributed by atoms with E-state index in [0.29, 0.717) is 5.92 Å². The Morgan fingerprint density at radius 1 is 1.11 bits per heavy atom. The molecule has 0 amide bonds. The molecule has 0 bridgehead atoms. The van der Waals surface area contributed by atoms with E-state index in [1.165, 1.54) is 29.7 Å². The lowest BCUT2D eigenvalue weighted by Crippen LogP contribution is -2.24. The highest BCUT2D eigenvalue weighted by Gasteiger charge is 2.08. The van der Waals surface area contributed by atoms with Gasteiger partial charge in [-0.15, -0.1) is 0 Å². The average molecular weight is 245 g/mol. The lowest BCUT2D eigenvalue weighted by atomic mass is 9.95. The standard InChI is InChI=1S/C17H27N/c1-6-12-18(13-7-2)17-10-8-16(9-11-17)15(5)14(3)4/h8-11,15H,3,6-7,12-13H2,1-2,4-5H3. The molecule has 1 atom stereocenters. The summed E-state index contributed by atoms with van der Waals surface area (Å²) in [6, 6.07) is 8.99. The van der Waals surface area contributed by atoms with Crippen molar-refractivity contribution < 1.29 is 0 Å². The maximum absolute atomic E-state index is 4.04. The average Bonchev–Trinajstić information content (AvgIpc) is 2.38. The zero-order valence-electron chi connectivity index (χ0n) is 12.4. The second kappa shape index (κ2) is 7.25. The molecule has 0 N–H and O–H groups in total. The summed E-state index contributed by atoms with van der Waals surface area (Å²) in [7, 11) is 0. The number of nitrogens with zero attached hydrogens (tertiary/aromatic N) is 1. The van der Waals surface area contributed by atoms with E-state index in [2.05, 4.69) is 63.4 Å². The molecular formula is C17H27N. The minimum Gasteiger partial charge on any atom is -0.372 e. The van der Waals surface area contributed by atoms with E-state index >= 15 is 0 Å². The highest BCUT2D eigenvalue weighted by atomic mass is 15.1. The zero-order chi connectivity index (χ0) is 13.5. The Morgan fingerprint density at radius 2 is 1.61 bits per heavy atom. The van der Waals surface area contributed by atoms with Crippen LogP contribution in [0, 0.1) is 0 Å². The van der Waals surface area contributed by atoms with E-state index in [4.69, 9.17) is 0 Å². The quantitative estimate of drug-likeness (QED) is 0.611. The molecule has 0 aliphatic carbocycles. The van der Waals surface area contributed by atoms with Crippen LogP contribution in [0.15, 0.2) is 36.4 Å². The van der Waals surface area contributed by atoms with Crippen LogP contribution in [0.1, 0.15) is 52.0 Å². The molecule has 0 saturated heterocycles. The minimum absolute atomic E-state index is 0.449. The Hall–Kier alpha value is -1.24. The molecular weight excluding hydrogens is 218 g/mol. The molecule has 1 heteroatoms. The molecule has 1 unspecified atom stereocenters. The Balaban J connectivity index is 2.82. The molecule has 1 aromatic carbocycles. The van der Waals surface area contributed by atoms with Crippen LogP contribution < -0.4 is 4.90 Å². The van der Waals surface area contributed by atoms with Gasteiger partial charge in [-0.3, -0.25) is 0 Å². The largest absolute Gasteiger partial charge is 0.372 e. The third-order valence-electron chi connectivity index (χ3n) is 3.48. The van der Waals surface area contributed by atoms with Crippen molar-refractivity contribution in [3.8, 4) is 0 Å². The molecule has 1 nitrogen and oxygen atoms in total.